The number of hydrogen-bond donors (Lipinski definition) is 1. The zero-order chi connectivity index (χ0) is 11.9. The van der Waals surface area contributed by atoms with Crippen LogP contribution in [0.1, 0.15) is 16.2 Å². The lowest BCUT2D eigenvalue weighted by molar-refractivity contribution is -0.145. The summed E-state index contributed by atoms with van der Waals surface area (Å²) in [6, 6.07) is 2.32. The normalized spacial score (nSPS) is 11.9. The van der Waals surface area contributed by atoms with Crippen molar-refractivity contribution < 1.29 is 23.1 Å². The first-order valence-corrected chi connectivity index (χ1v) is 4.05. The lowest BCUT2D eigenvalue weighted by Crippen LogP contribution is -2.11. The average Bonchev–Trinajstić information content (AvgIpc) is 2.58. The van der Waals surface area contributed by atoms with E-state index in [0.29, 0.717) is 4.40 Å². The Hall–Kier alpha value is -2.12. The van der Waals surface area contributed by atoms with Crippen LogP contribution in [0, 0.1) is 0 Å². The van der Waals surface area contributed by atoms with Crippen LogP contribution in [0.2, 0.25) is 0 Å². The summed E-state index contributed by atoms with van der Waals surface area (Å²) in [5.74, 6) is -2.56. The molecule has 0 spiro atoms. The molecule has 0 aromatic carbocycles. The molecule has 2 aromatic heterocycles. The van der Waals surface area contributed by atoms with E-state index in [-0.39, 0.29) is 11.2 Å². The number of fused-ring (bicyclic) bond motifs is 1. The minimum Gasteiger partial charge on any atom is -0.478 e. The zero-order valence-electron chi connectivity index (χ0n) is 7.56. The van der Waals surface area contributed by atoms with Gasteiger partial charge in [0.05, 0.1) is 5.56 Å². The first-order chi connectivity index (χ1) is 7.39. The Kier molecular flexibility index (Phi) is 2.07. The van der Waals surface area contributed by atoms with Gasteiger partial charge in [-0.2, -0.15) is 13.2 Å². The molecule has 0 atom stereocenters. The summed E-state index contributed by atoms with van der Waals surface area (Å²) < 4.78 is 37.8. The van der Waals surface area contributed by atoms with Gasteiger partial charge in [-0.25, -0.2) is 4.79 Å². The van der Waals surface area contributed by atoms with Gasteiger partial charge in [-0.05, 0) is 12.1 Å². The third-order valence-electron chi connectivity index (χ3n) is 1.90. The minimum atomic E-state index is -4.67. The van der Waals surface area contributed by atoms with E-state index in [1.165, 1.54) is 0 Å². The molecule has 0 saturated carbocycles. The molecular formula is C8H4F3N3O2. The summed E-state index contributed by atoms with van der Waals surface area (Å²) in [6.07, 6.45) is -3.84. The van der Waals surface area contributed by atoms with Gasteiger partial charge in [0.1, 0.15) is 0 Å². The summed E-state index contributed by atoms with van der Waals surface area (Å²) in [7, 11) is 0. The van der Waals surface area contributed by atoms with Crippen LogP contribution in [0.3, 0.4) is 0 Å². The van der Waals surface area contributed by atoms with Crippen molar-refractivity contribution in [2.75, 3.05) is 0 Å². The van der Waals surface area contributed by atoms with Gasteiger partial charge in [-0.1, -0.05) is 0 Å². The second kappa shape index (κ2) is 3.19. The van der Waals surface area contributed by atoms with Crippen molar-refractivity contribution in [1.82, 2.24) is 14.6 Å². The number of rotatable bonds is 1. The highest BCUT2D eigenvalue weighted by Gasteiger charge is 2.36. The number of pyridine rings is 1. The molecule has 0 bridgehead atoms. The predicted molar refractivity (Wildman–Crippen MR) is 44.9 cm³/mol. The summed E-state index contributed by atoms with van der Waals surface area (Å²) in [5, 5.41) is 14.9. The number of alkyl halides is 3. The third-order valence-corrected chi connectivity index (χ3v) is 1.90. The summed E-state index contributed by atoms with van der Waals surface area (Å²) in [4.78, 5) is 10.6. The van der Waals surface area contributed by atoms with E-state index in [2.05, 4.69) is 10.2 Å². The van der Waals surface area contributed by atoms with E-state index in [1.54, 1.807) is 0 Å². The fraction of sp³-hybridized carbons (Fsp3) is 0.125. The molecule has 2 aromatic rings. The Morgan fingerprint density at radius 2 is 2.00 bits per heavy atom. The maximum atomic E-state index is 12.4. The lowest BCUT2D eigenvalue weighted by atomic mass is 10.3. The van der Waals surface area contributed by atoms with E-state index in [4.69, 9.17) is 5.11 Å². The molecule has 84 valence electrons. The van der Waals surface area contributed by atoms with E-state index >= 15 is 0 Å². The fourth-order valence-electron chi connectivity index (χ4n) is 1.21. The SMILES string of the molecule is O=C(O)c1ccc2nnc(C(F)(F)F)n2c1. The largest absolute Gasteiger partial charge is 0.478 e. The van der Waals surface area contributed by atoms with Crippen molar-refractivity contribution in [3.63, 3.8) is 0 Å². The van der Waals surface area contributed by atoms with Crippen LogP contribution in [0.15, 0.2) is 18.3 Å². The average molecular weight is 231 g/mol. The molecule has 0 radical (unpaired) electrons. The van der Waals surface area contributed by atoms with Crippen molar-refractivity contribution in [1.29, 1.82) is 0 Å². The predicted octanol–water partition coefficient (Wildman–Crippen LogP) is 1.45. The van der Waals surface area contributed by atoms with Crippen LogP contribution in [-0.2, 0) is 6.18 Å². The van der Waals surface area contributed by atoms with Crippen LogP contribution < -0.4 is 0 Å². The van der Waals surface area contributed by atoms with E-state index < -0.39 is 18.0 Å². The minimum absolute atomic E-state index is 0.0580. The van der Waals surface area contributed by atoms with E-state index in [9.17, 15) is 18.0 Å². The zero-order valence-corrected chi connectivity index (χ0v) is 7.56. The first-order valence-electron chi connectivity index (χ1n) is 4.05. The van der Waals surface area contributed by atoms with Gasteiger partial charge in [-0.3, -0.25) is 4.40 Å². The maximum Gasteiger partial charge on any atom is 0.452 e. The quantitative estimate of drug-likeness (QED) is 0.806. The fourth-order valence-corrected chi connectivity index (χ4v) is 1.21. The van der Waals surface area contributed by atoms with Crippen LogP contribution in [0.4, 0.5) is 13.2 Å². The van der Waals surface area contributed by atoms with Crippen molar-refractivity contribution >= 4 is 11.6 Å². The molecule has 2 heterocycles. The molecule has 0 amide bonds. The van der Waals surface area contributed by atoms with Crippen LogP contribution >= 0.6 is 0 Å². The molecule has 8 heteroatoms. The molecule has 0 aliphatic heterocycles. The number of nitrogens with zero attached hydrogens (tertiary/aromatic N) is 3. The molecule has 0 fully saturated rings. The summed E-state index contributed by atoms with van der Waals surface area (Å²) in [5.41, 5.74) is -0.324. The standard InChI is InChI=1S/C8H4F3N3O2/c9-8(10,11)7-13-12-5-2-1-4(6(15)16)3-14(5)7/h1-3H,(H,15,16). The Morgan fingerprint density at radius 3 is 2.56 bits per heavy atom. The van der Waals surface area contributed by atoms with Crippen molar-refractivity contribution in [2.45, 2.75) is 6.18 Å². The third kappa shape index (κ3) is 1.58. The molecule has 0 aliphatic rings. The molecule has 16 heavy (non-hydrogen) atoms. The maximum absolute atomic E-state index is 12.4. The summed E-state index contributed by atoms with van der Waals surface area (Å²) >= 11 is 0. The Bertz CT molecular complexity index is 561. The highest BCUT2D eigenvalue weighted by molar-refractivity contribution is 5.87. The van der Waals surface area contributed by atoms with Gasteiger partial charge in [0.15, 0.2) is 5.65 Å². The van der Waals surface area contributed by atoms with E-state index in [1.807, 2.05) is 0 Å². The number of carboxylic acids is 1. The smallest absolute Gasteiger partial charge is 0.452 e. The number of aromatic carboxylic acids is 1. The molecule has 5 nitrogen and oxygen atoms in total. The van der Waals surface area contributed by atoms with Gasteiger partial charge < -0.3 is 5.11 Å². The van der Waals surface area contributed by atoms with E-state index in [0.717, 1.165) is 18.3 Å². The van der Waals surface area contributed by atoms with Gasteiger partial charge >= 0.3 is 12.1 Å². The van der Waals surface area contributed by atoms with Crippen LogP contribution in [-0.4, -0.2) is 25.7 Å². The number of halogens is 3. The lowest BCUT2D eigenvalue weighted by Gasteiger charge is -2.03. The molecule has 1 N–H and O–H groups in total. The van der Waals surface area contributed by atoms with Crippen molar-refractivity contribution in [2.24, 2.45) is 0 Å². The summed E-state index contributed by atoms with van der Waals surface area (Å²) in [6.45, 7) is 0. The Morgan fingerprint density at radius 1 is 1.31 bits per heavy atom. The highest BCUT2D eigenvalue weighted by Crippen LogP contribution is 2.27. The number of aromatic nitrogens is 3. The highest BCUT2D eigenvalue weighted by atomic mass is 19.4. The molecule has 0 aliphatic carbocycles. The number of carbonyl (C=O) groups is 1. The molecule has 0 saturated heterocycles. The van der Waals surface area contributed by atoms with Gasteiger partial charge in [0.25, 0.3) is 0 Å². The van der Waals surface area contributed by atoms with Gasteiger partial charge in [0.2, 0.25) is 5.82 Å². The monoisotopic (exact) mass is 231 g/mol. The Balaban J connectivity index is 2.70. The molecule has 0 unspecified atom stereocenters. The number of hydrogen-bond acceptors (Lipinski definition) is 3. The first kappa shape index (κ1) is 10.4. The second-order valence-electron chi connectivity index (χ2n) is 2.97. The molecule has 2 rings (SSSR count). The molecular weight excluding hydrogens is 227 g/mol. The topological polar surface area (TPSA) is 67.5 Å². The Labute approximate surface area is 86.1 Å². The number of carboxylic acid groups (broad SMARTS) is 1. The van der Waals surface area contributed by atoms with Crippen molar-refractivity contribution in [3.05, 3.63) is 29.7 Å². The van der Waals surface area contributed by atoms with Crippen molar-refractivity contribution in [3.8, 4) is 0 Å². The van der Waals surface area contributed by atoms with Crippen LogP contribution in [0.5, 0.6) is 0 Å². The van der Waals surface area contributed by atoms with Gasteiger partial charge in [0, 0.05) is 6.20 Å². The second-order valence-corrected chi connectivity index (χ2v) is 2.97. The van der Waals surface area contributed by atoms with Gasteiger partial charge in [-0.15, -0.1) is 10.2 Å². The van der Waals surface area contributed by atoms with Crippen LogP contribution in [0.25, 0.3) is 5.65 Å².